The number of nitrogens with zero attached hydrogens (tertiary/aromatic N) is 2. The van der Waals surface area contributed by atoms with Gasteiger partial charge >= 0.3 is 0 Å². The van der Waals surface area contributed by atoms with Gasteiger partial charge in [0.15, 0.2) is 0 Å². The first-order valence-electron chi connectivity index (χ1n) is 5.47. The van der Waals surface area contributed by atoms with Crippen LogP contribution in [-0.2, 0) is 6.54 Å². The van der Waals surface area contributed by atoms with Crippen LogP contribution in [-0.4, -0.2) is 9.97 Å². The van der Waals surface area contributed by atoms with Crippen LogP contribution in [0.1, 0.15) is 11.1 Å². The summed E-state index contributed by atoms with van der Waals surface area (Å²) in [6.45, 7) is 2.64. The SMILES string of the molecule is Cc1cnc(NN)nc1NCc1cccc(Br)c1. The van der Waals surface area contributed by atoms with Gasteiger partial charge in [0.25, 0.3) is 0 Å². The molecule has 5 nitrogen and oxygen atoms in total. The Labute approximate surface area is 114 Å². The lowest BCUT2D eigenvalue weighted by atomic mass is 10.2. The number of hydrogen-bond donors (Lipinski definition) is 3. The van der Waals surface area contributed by atoms with Crippen LogP contribution in [0.15, 0.2) is 34.9 Å². The van der Waals surface area contributed by atoms with Gasteiger partial charge in [-0.25, -0.2) is 10.8 Å². The van der Waals surface area contributed by atoms with Crippen molar-refractivity contribution in [1.82, 2.24) is 9.97 Å². The number of hydrazine groups is 1. The first kappa shape index (κ1) is 12.8. The predicted molar refractivity (Wildman–Crippen MR) is 76.0 cm³/mol. The van der Waals surface area contributed by atoms with E-state index >= 15 is 0 Å². The molecule has 18 heavy (non-hydrogen) atoms. The summed E-state index contributed by atoms with van der Waals surface area (Å²) in [5.41, 5.74) is 4.58. The summed E-state index contributed by atoms with van der Waals surface area (Å²) in [5, 5.41) is 3.26. The third-order valence-corrected chi connectivity index (χ3v) is 2.94. The smallest absolute Gasteiger partial charge is 0.239 e. The lowest BCUT2D eigenvalue weighted by molar-refractivity contribution is 1.05. The molecule has 6 heteroatoms. The van der Waals surface area contributed by atoms with Crippen LogP contribution in [0.5, 0.6) is 0 Å². The normalized spacial score (nSPS) is 10.2. The summed E-state index contributed by atoms with van der Waals surface area (Å²) < 4.78 is 1.06. The van der Waals surface area contributed by atoms with Gasteiger partial charge in [0.2, 0.25) is 5.95 Å². The van der Waals surface area contributed by atoms with Crippen LogP contribution in [0.4, 0.5) is 11.8 Å². The number of anilines is 2. The Balaban J connectivity index is 2.10. The van der Waals surface area contributed by atoms with Crippen molar-refractivity contribution in [3.63, 3.8) is 0 Å². The Morgan fingerprint density at radius 2 is 2.22 bits per heavy atom. The Hall–Kier alpha value is -1.66. The van der Waals surface area contributed by atoms with Gasteiger partial charge in [-0.1, -0.05) is 28.1 Å². The third-order valence-electron chi connectivity index (χ3n) is 2.45. The van der Waals surface area contributed by atoms with Gasteiger partial charge in [-0.3, -0.25) is 5.43 Å². The van der Waals surface area contributed by atoms with E-state index < -0.39 is 0 Å². The van der Waals surface area contributed by atoms with Gasteiger partial charge < -0.3 is 5.32 Å². The van der Waals surface area contributed by atoms with E-state index in [1.807, 2.05) is 19.1 Å². The molecular weight excluding hydrogens is 294 g/mol. The van der Waals surface area contributed by atoms with E-state index in [2.05, 4.69) is 48.8 Å². The topological polar surface area (TPSA) is 75.9 Å². The molecule has 1 aromatic heterocycles. The predicted octanol–water partition coefficient (Wildman–Crippen LogP) is 2.45. The van der Waals surface area contributed by atoms with Crippen molar-refractivity contribution in [2.75, 3.05) is 10.7 Å². The van der Waals surface area contributed by atoms with Gasteiger partial charge in [0.1, 0.15) is 5.82 Å². The summed E-state index contributed by atoms with van der Waals surface area (Å²) in [6, 6.07) is 8.11. The highest BCUT2D eigenvalue weighted by Gasteiger charge is 2.02. The van der Waals surface area contributed by atoms with E-state index in [-0.39, 0.29) is 0 Å². The molecule has 0 amide bonds. The lowest BCUT2D eigenvalue weighted by Crippen LogP contribution is -2.12. The van der Waals surface area contributed by atoms with Gasteiger partial charge in [-0.15, -0.1) is 0 Å². The first-order chi connectivity index (χ1) is 8.69. The van der Waals surface area contributed by atoms with Crippen molar-refractivity contribution in [3.8, 4) is 0 Å². The number of nitrogens with one attached hydrogen (secondary N) is 2. The van der Waals surface area contributed by atoms with Crippen LogP contribution in [0.25, 0.3) is 0 Å². The van der Waals surface area contributed by atoms with Crippen LogP contribution in [0.3, 0.4) is 0 Å². The minimum atomic E-state index is 0.400. The largest absolute Gasteiger partial charge is 0.366 e. The van der Waals surface area contributed by atoms with Crippen molar-refractivity contribution in [2.24, 2.45) is 5.84 Å². The molecule has 0 aliphatic rings. The summed E-state index contributed by atoms with van der Waals surface area (Å²) in [4.78, 5) is 8.29. The van der Waals surface area contributed by atoms with Gasteiger partial charge in [-0.2, -0.15) is 4.98 Å². The molecular formula is C12H14BrN5. The molecule has 4 N–H and O–H groups in total. The average Bonchev–Trinajstić information content (AvgIpc) is 2.38. The van der Waals surface area contributed by atoms with Gasteiger partial charge in [-0.05, 0) is 24.6 Å². The Bertz CT molecular complexity index is 544. The maximum absolute atomic E-state index is 5.29. The van der Waals surface area contributed by atoms with Crippen molar-refractivity contribution in [3.05, 3.63) is 46.1 Å². The molecule has 0 saturated heterocycles. The highest BCUT2D eigenvalue weighted by molar-refractivity contribution is 9.10. The van der Waals surface area contributed by atoms with E-state index in [0.29, 0.717) is 12.5 Å². The fraction of sp³-hybridized carbons (Fsp3) is 0.167. The highest BCUT2D eigenvalue weighted by Crippen LogP contribution is 2.15. The minimum absolute atomic E-state index is 0.400. The van der Waals surface area contributed by atoms with Gasteiger partial charge in [0, 0.05) is 22.8 Å². The van der Waals surface area contributed by atoms with Crippen molar-refractivity contribution in [2.45, 2.75) is 13.5 Å². The number of hydrogen-bond acceptors (Lipinski definition) is 5. The average molecular weight is 308 g/mol. The highest BCUT2D eigenvalue weighted by atomic mass is 79.9. The zero-order valence-corrected chi connectivity index (χ0v) is 11.5. The summed E-state index contributed by atoms with van der Waals surface area (Å²) in [7, 11) is 0. The lowest BCUT2D eigenvalue weighted by Gasteiger charge is -2.09. The second-order valence-electron chi connectivity index (χ2n) is 3.85. The monoisotopic (exact) mass is 307 g/mol. The van der Waals surface area contributed by atoms with E-state index in [0.717, 1.165) is 15.9 Å². The zero-order chi connectivity index (χ0) is 13.0. The Kier molecular flexibility index (Phi) is 4.11. The van der Waals surface area contributed by atoms with Crippen molar-refractivity contribution >= 4 is 27.7 Å². The Morgan fingerprint density at radius 3 is 2.94 bits per heavy atom. The van der Waals surface area contributed by atoms with Gasteiger partial charge in [0.05, 0.1) is 0 Å². The molecule has 0 bridgehead atoms. The second-order valence-corrected chi connectivity index (χ2v) is 4.77. The standard InChI is InChI=1S/C12H14BrN5/c1-8-6-16-12(18-14)17-11(8)15-7-9-3-2-4-10(13)5-9/h2-6H,7,14H2,1H3,(H2,15,16,17,18). The van der Waals surface area contributed by atoms with E-state index in [4.69, 9.17) is 5.84 Å². The molecule has 0 aliphatic carbocycles. The molecule has 0 aliphatic heterocycles. The number of benzene rings is 1. The van der Waals surface area contributed by atoms with Crippen LogP contribution in [0.2, 0.25) is 0 Å². The van der Waals surface area contributed by atoms with E-state index in [1.165, 1.54) is 5.56 Å². The minimum Gasteiger partial charge on any atom is -0.366 e. The maximum Gasteiger partial charge on any atom is 0.239 e. The second kappa shape index (κ2) is 5.79. The van der Waals surface area contributed by atoms with E-state index in [1.54, 1.807) is 6.20 Å². The Morgan fingerprint density at radius 1 is 1.39 bits per heavy atom. The number of rotatable bonds is 4. The van der Waals surface area contributed by atoms with Crippen LogP contribution < -0.4 is 16.6 Å². The summed E-state index contributed by atoms with van der Waals surface area (Å²) in [6.07, 6.45) is 1.73. The molecule has 2 rings (SSSR count). The molecule has 1 heterocycles. The molecule has 2 aromatic rings. The van der Waals surface area contributed by atoms with Crippen molar-refractivity contribution in [1.29, 1.82) is 0 Å². The number of aryl methyl sites for hydroxylation is 1. The molecule has 0 fully saturated rings. The molecule has 1 aromatic carbocycles. The number of nitrogen functional groups attached to an aromatic ring is 1. The fourth-order valence-corrected chi connectivity index (χ4v) is 1.97. The molecule has 0 saturated carbocycles. The van der Waals surface area contributed by atoms with Crippen LogP contribution >= 0.6 is 15.9 Å². The molecule has 0 atom stereocenters. The number of nitrogens with two attached hydrogens (primary N) is 1. The molecule has 0 radical (unpaired) electrons. The van der Waals surface area contributed by atoms with Crippen molar-refractivity contribution < 1.29 is 0 Å². The molecule has 0 unspecified atom stereocenters. The first-order valence-corrected chi connectivity index (χ1v) is 6.27. The number of aromatic nitrogens is 2. The summed E-state index contributed by atoms with van der Waals surface area (Å²) in [5.74, 6) is 6.46. The molecule has 94 valence electrons. The fourth-order valence-electron chi connectivity index (χ4n) is 1.52. The number of halogens is 1. The maximum atomic E-state index is 5.29. The van der Waals surface area contributed by atoms with E-state index in [9.17, 15) is 0 Å². The summed E-state index contributed by atoms with van der Waals surface area (Å²) >= 11 is 3.45. The zero-order valence-electron chi connectivity index (χ0n) is 9.94. The third kappa shape index (κ3) is 3.18. The van der Waals surface area contributed by atoms with Crippen LogP contribution in [0, 0.1) is 6.92 Å². The quantitative estimate of drug-likeness (QED) is 0.597. The molecule has 0 spiro atoms.